The minimum atomic E-state index is -0.879. The average molecular weight is 319 g/mol. The third kappa shape index (κ3) is 3.57. The van der Waals surface area contributed by atoms with Gasteiger partial charge >= 0.3 is 5.97 Å². The number of ether oxygens (including phenoxy) is 2. The summed E-state index contributed by atoms with van der Waals surface area (Å²) in [6.45, 7) is 0.681. The van der Waals surface area contributed by atoms with Gasteiger partial charge in [-0.3, -0.25) is 9.59 Å². The number of carboxylic acid groups (broad SMARTS) is 1. The lowest BCUT2D eigenvalue weighted by atomic mass is 9.78. The number of nitrogens with one attached hydrogen (secondary N) is 1. The molecule has 1 saturated carbocycles. The highest BCUT2D eigenvalue weighted by Gasteiger charge is 2.36. The summed E-state index contributed by atoms with van der Waals surface area (Å²) in [5.74, 6) is -0.728. The fraction of sp³-hybridized carbons (Fsp3) is 0.529. The van der Waals surface area contributed by atoms with Gasteiger partial charge in [-0.15, -0.1) is 0 Å². The molecule has 1 aliphatic carbocycles. The van der Waals surface area contributed by atoms with Crippen LogP contribution in [-0.4, -0.2) is 36.2 Å². The fourth-order valence-corrected chi connectivity index (χ4v) is 3.25. The van der Waals surface area contributed by atoms with Crippen LogP contribution < -0.4 is 14.8 Å². The summed E-state index contributed by atoms with van der Waals surface area (Å²) in [5.41, 5.74) is 0. The van der Waals surface area contributed by atoms with Crippen LogP contribution in [0.5, 0.6) is 11.5 Å². The minimum Gasteiger partial charge on any atom is -0.486 e. The number of hydrogen-bond donors (Lipinski definition) is 2. The summed E-state index contributed by atoms with van der Waals surface area (Å²) in [5, 5.41) is 12.1. The first-order valence-electron chi connectivity index (χ1n) is 8.04. The normalized spacial score (nSPS) is 26.3. The third-order valence-corrected chi connectivity index (χ3v) is 4.49. The topological polar surface area (TPSA) is 84.9 Å². The molecule has 1 fully saturated rings. The monoisotopic (exact) mass is 319 g/mol. The Morgan fingerprint density at radius 2 is 1.83 bits per heavy atom. The Hall–Kier alpha value is -2.24. The van der Waals surface area contributed by atoms with E-state index in [4.69, 9.17) is 9.47 Å². The van der Waals surface area contributed by atoms with Crippen LogP contribution in [0.1, 0.15) is 25.7 Å². The lowest BCUT2D eigenvalue weighted by Crippen LogP contribution is -2.45. The van der Waals surface area contributed by atoms with Gasteiger partial charge in [-0.05, 0) is 25.0 Å². The molecular formula is C17H21NO5. The van der Waals surface area contributed by atoms with Crippen LogP contribution in [0.4, 0.5) is 0 Å². The maximum atomic E-state index is 12.3. The molecule has 1 aromatic carbocycles. The molecule has 0 spiro atoms. The molecule has 3 atom stereocenters. The van der Waals surface area contributed by atoms with Gasteiger partial charge in [-0.2, -0.15) is 0 Å². The van der Waals surface area contributed by atoms with E-state index in [1.807, 2.05) is 24.3 Å². The number of hydrogen-bond acceptors (Lipinski definition) is 4. The lowest BCUT2D eigenvalue weighted by Gasteiger charge is -2.29. The maximum Gasteiger partial charge on any atom is 0.307 e. The molecule has 1 aromatic rings. The summed E-state index contributed by atoms with van der Waals surface area (Å²) in [7, 11) is 0. The van der Waals surface area contributed by atoms with Crippen molar-refractivity contribution in [3.63, 3.8) is 0 Å². The van der Waals surface area contributed by atoms with E-state index in [9.17, 15) is 14.7 Å². The lowest BCUT2D eigenvalue weighted by molar-refractivity contribution is -0.149. The van der Waals surface area contributed by atoms with Crippen LogP contribution in [-0.2, 0) is 9.59 Å². The highest BCUT2D eigenvalue weighted by Crippen LogP contribution is 2.32. The van der Waals surface area contributed by atoms with Gasteiger partial charge in [0.25, 0.3) is 0 Å². The average Bonchev–Trinajstić information content (AvgIpc) is 2.59. The van der Waals surface area contributed by atoms with Gasteiger partial charge in [0.05, 0.1) is 18.4 Å². The van der Waals surface area contributed by atoms with E-state index >= 15 is 0 Å². The fourth-order valence-electron chi connectivity index (χ4n) is 3.25. The second kappa shape index (κ2) is 6.89. The van der Waals surface area contributed by atoms with Crippen molar-refractivity contribution < 1.29 is 24.2 Å². The Kier molecular flexibility index (Phi) is 4.69. The third-order valence-electron chi connectivity index (χ3n) is 4.49. The van der Waals surface area contributed by atoms with E-state index in [2.05, 4.69) is 5.32 Å². The molecule has 1 heterocycles. The van der Waals surface area contributed by atoms with Crippen molar-refractivity contribution in [2.45, 2.75) is 31.8 Å². The summed E-state index contributed by atoms with van der Waals surface area (Å²) >= 11 is 0. The molecule has 2 aliphatic rings. The van der Waals surface area contributed by atoms with Crippen LogP contribution in [0.25, 0.3) is 0 Å². The number of benzene rings is 1. The van der Waals surface area contributed by atoms with Crippen LogP contribution in [0.15, 0.2) is 24.3 Å². The van der Waals surface area contributed by atoms with Crippen molar-refractivity contribution >= 4 is 11.9 Å². The van der Waals surface area contributed by atoms with Gasteiger partial charge in [0.1, 0.15) is 12.7 Å². The van der Waals surface area contributed by atoms with Gasteiger partial charge in [0.15, 0.2) is 11.5 Å². The van der Waals surface area contributed by atoms with Gasteiger partial charge in [-0.25, -0.2) is 0 Å². The van der Waals surface area contributed by atoms with Crippen molar-refractivity contribution in [3.05, 3.63) is 24.3 Å². The predicted molar refractivity (Wildman–Crippen MR) is 82.4 cm³/mol. The van der Waals surface area contributed by atoms with Crippen molar-refractivity contribution in [3.8, 4) is 11.5 Å². The van der Waals surface area contributed by atoms with Gasteiger partial charge in [0.2, 0.25) is 5.91 Å². The Balaban J connectivity index is 1.54. The van der Waals surface area contributed by atoms with E-state index in [0.29, 0.717) is 37.5 Å². The van der Waals surface area contributed by atoms with Crippen molar-refractivity contribution in [1.29, 1.82) is 0 Å². The second-order valence-electron chi connectivity index (χ2n) is 6.08. The van der Waals surface area contributed by atoms with E-state index in [1.54, 1.807) is 0 Å². The Bertz CT molecular complexity index is 588. The maximum absolute atomic E-state index is 12.3. The van der Waals surface area contributed by atoms with E-state index in [1.165, 1.54) is 0 Å². The van der Waals surface area contributed by atoms with Crippen molar-refractivity contribution in [2.75, 3.05) is 13.2 Å². The van der Waals surface area contributed by atoms with Crippen molar-refractivity contribution in [2.24, 2.45) is 11.8 Å². The van der Waals surface area contributed by atoms with E-state index < -0.39 is 17.8 Å². The Morgan fingerprint density at radius 1 is 1.13 bits per heavy atom. The van der Waals surface area contributed by atoms with Gasteiger partial charge < -0.3 is 19.9 Å². The van der Waals surface area contributed by atoms with E-state index in [-0.39, 0.29) is 12.0 Å². The minimum absolute atomic E-state index is 0.195. The van der Waals surface area contributed by atoms with Crippen molar-refractivity contribution in [1.82, 2.24) is 5.32 Å². The molecule has 1 amide bonds. The van der Waals surface area contributed by atoms with Gasteiger partial charge in [-0.1, -0.05) is 25.0 Å². The first-order valence-corrected chi connectivity index (χ1v) is 8.04. The molecule has 23 heavy (non-hydrogen) atoms. The quantitative estimate of drug-likeness (QED) is 0.884. The standard InChI is InChI=1S/C17H21NO5/c19-16(12-5-1-2-6-13(12)17(20)21)18-9-11-10-22-14-7-3-4-8-15(14)23-11/h3-4,7-8,11-13H,1-2,5-6,9-10H2,(H,18,19)(H,20,21). The molecule has 0 aromatic heterocycles. The number of fused-ring (bicyclic) bond motifs is 1. The van der Waals surface area contributed by atoms with E-state index in [0.717, 1.165) is 12.8 Å². The zero-order chi connectivity index (χ0) is 16.2. The molecule has 0 saturated heterocycles. The molecule has 3 unspecified atom stereocenters. The highest BCUT2D eigenvalue weighted by molar-refractivity contribution is 5.84. The SMILES string of the molecule is O=C(O)C1CCCCC1C(=O)NCC1COc2ccccc2O1. The number of amides is 1. The zero-order valence-electron chi connectivity index (χ0n) is 12.9. The molecular weight excluding hydrogens is 298 g/mol. The first-order chi connectivity index (χ1) is 11.1. The largest absolute Gasteiger partial charge is 0.486 e. The zero-order valence-corrected chi connectivity index (χ0v) is 12.9. The summed E-state index contributed by atoms with van der Waals surface area (Å²) in [6, 6.07) is 7.40. The first kappa shape index (κ1) is 15.6. The number of rotatable bonds is 4. The van der Waals surface area contributed by atoms with Crippen LogP contribution >= 0.6 is 0 Å². The predicted octanol–water partition coefficient (Wildman–Crippen LogP) is 1.83. The smallest absolute Gasteiger partial charge is 0.307 e. The molecule has 0 radical (unpaired) electrons. The molecule has 2 N–H and O–H groups in total. The molecule has 124 valence electrons. The van der Waals surface area contributed by atoms with Gasteiger partial charge in [0, 0.05) is 0 Å². The van der Waals surface area contributed by atoms with Crippen LogP contribution in [0.3, 0.4) is 0 Å². The number of para-hydroxylation sites is 2. The van der Waals surface area contributed by atoms with Crippen LogP contribution in [0, 0.1) is 11.8 Å². The molecule has 6 heteroatoms. The highest BCUT2D eigenvalue weighted by atomic mass is 16.6. The summed E-state index contributed by atoms with van der Waals surface area (Å²) in [4.78, 5) is 23.6. The summed E-state index contributed by atoms with van der Waals surface area (Å²) < 4.78 is 11.4. The molecule has 3 rings (SSSR count). The number of carbonyl (C=O) groups excluding carboxylic acids is 1. The number of carbonyl (C=O) groups is 2. The molecule has 1 aliphatic heterocycles. The van der Waals surface area contributed by atoms with Crippen LogP contribution in [0.2, 0.25) is 0 Å². The Morgan fingerprint density at radius 3 is 2.57 bits per heavy atom. The Labute approximate surface area is 134 Å². The molecule has 6 nitrogen and oxygen atoms in total. The number of aliphatic carboxylic acids is 1. The number of carboxylic acids is 1. The molecule has 0 bridgehead atoms. The second-order valence-corrected chi connectivity index (χ2v) is 6.08. The summed E-state index contributed by atoms with van der Waals surface area (Å²) in [6.07, 6.45) is 2.72.